The Labute approximate surface area is 126 Å². The van der Waals surface area contributed by atoms with Crippen molar-refractivity contribution in [3.05, 3.63) is 0 Å². The lowest BCUT2D eigenvalue weighted by Gasteiger charge is -2.40. The van der Waals surface area contributed by atoms with E-state index in [4.69, 9.17) is 0 Å². The van der Waals surface area contributed by atoms with Crippen molar-refractivity contribution in [1.29, 1.82) is 0 Å². The molecule has 0 unspecified atom stereocenters. The lowest BCUT2D eigenvalue weighted by molar-refractivity contribution is -0.442. The Bertz CT molecular complexity index is 403. The Morgan fingerprint density at radius 1 is 0.348 bits per heavy atom. The van der Waals surface area contributed by atoms with Gasteiger partial charge in [-0.2, -0.15) is 57.1 Å². The molecule has 0 saturated heterocycles. The van der Waals surface area contributed by atoms with Gasteiger partial charge >= 0.3 is 40.4 Å². The summed E-state index contributed by atoms with van der Waals surface area (Å²) in [5.74, 6) is -39.2. The molecule has 0 aromatic heterocycles. The van der Waals surface area contributed by atoms with Crippen LogP contribution in [0.1, 0.15) is 0 Å². The Morgan fingerprint density at radius 3 is 0.783 bits per heavy atom. The maximum Gasteiger partial charge on any atom is 0.460 e. The van der Waals surface area contributed by atoms with Crippen LogP contribution in [0.2, 0.25) is 0 Å². The van der Waals surface area contributed by atoms with E-state index in [-0.39, 0.29) is 0 Å². The highest BCUT2D eigenvalue weighted by atomic mass is 35.5. The molecule has 0 aliphatic heterocycles. The third kappa shape index (κ3) is 2.89. The van der Waals surface area contributed by atoms with E-state index in [1.54, 1.807) is 0 Å². The molecule has 0 aromatic rings. The van der Waals surface area contributed by atoms with Gasteiger partial charge in [-0.25, -0.2) is 4.39 Å². The fourth-order valence-corrected chi connectivity index (χ4v) is 1.18. The van der Waals surface area contributed by atoms with Crippen molar-refractivity contribution in [3.63, 3.8) is 0 Å². The standard InChI is InChI=1S/C7Cl2F14/c8-6(9,20)4(16,17)2(12,13)1(10,11)3(14,15)5(18,19)7(21,22)23. The summed E-state index contributed by atoms with van der Waals surface area (Å²) in [6, 6.07) is 0. The molecule has 0 bridgehead atoms. The molecule has 0 nitrogen and oxygen atoms in total. The molecule has 0 aromatic carbocycles. The van der Waals surface area contributed by atoms with E-state index in [0.29, 0.717) is 0 Å². The molecule has 0 heterocycles. The van der Waals surface area contributed by atoms with Crippen molar-refractivity contribution < 1.29 is 61.5 Å². The molecule has 0 N–H and O–H groups in total. The van der Waals surface area contributed by atoms with Gasteiger partial charge < -0.3 is 0 Å². The van der Waals surface area contributed by atoms with E-state index >= 15 is 0 Å². The SMILES string of the molecule is FC(F)(F)C(F)(F)C(F)(F)C(F)(F)C(F)(F)C(F)(F)C(F)(Cl)Cl. The average Bonchev–Trinajstić information content (AvgIpc) is 2.24. The molecule has 0 spiro atoms. The van der Waals surface area contributed by atoms with Gasteiger partial charge in [-0.3, -0.25) is 0 Å². The van der Waals surface area contributed by atoms with Gasteiger partial charge in [0.05, 0.1) is 0 Å². The van der Waals surface area contributed by atoms with Crippen LogP contribution in [0, 0.1) is 0 Å². The summed E-state index contributed by atoms with van der Waals surface area (Å²) in [4.78, 5) is 0. The van der Waals surface area contributed by atoms with Crippen LogP contribution in [0.4, 0.5) is 61.5 Å². The fourth-order valence-electron chi connectivity index (χ4n) is 0.948. The molecule has 0 aliphatic carbocycles. The number of alkyl halides is 16. The van der Waals surface area contributed by atoms with Crippen LogP contribution in [0.3, 0.4) is 0 Å². The van der Waals surface area contributed by atoms with Gasteiger partial charge in [0.25, 0.3) is 0 Å². The average molecular weight is 421 g/mol. The molecule has 0 radical (unpaired) electrons. The van der Waals surface area contributed by atoms with Crippen LogP contribution < -0.4 is 0 Å². The van der Waals surface area contributed by atoms with E-state index in [1.165, 1.54) is 0 Å². The molecule has 140 valence electrons. The Morgan fingerprint density at radius 2 is 0.565 bits per heavy atom. The van der Waals surface area contributed by atoms with Crippen LogP contribution in [-0.4, -0.2) is 40.4 Å². The summed E-state index contributed by atoms with van der Waals surface area (Å²) >= 11 is 7.50. The first-order valence-corrected chi connectivity index (χ1v) is 5.28. The van der Waals surface area contributed by atoms with Crippen LogP contribution in [0.15, 0.2) is 0 Å². The van der Waals surface area contributed by atoms with E-state index in [1.807, 2.05) is 0 Å². The zero-order valence-corrected chi connectivity index (χ0v) is 11.1. The third-order valence-electron chi connectivity index (χ3n) is 2.29. The van der Waals surface area contributed by atoms with E-state index < -0.39 is 40.4 Å². The Balaban J connectivity index is 6.37. The summed E-state index contributed by atoms with van der Waals surface area (Å²) in [6.45, 7) is 0. The minimum Gasteiger partial charge on any atom is -0.201 e. The number of hydrogen-bond donors (Lipinski definition) is 0. The predicted molar refractivity (Wildman–Crippen MR) is 46.3 cm³/mol. The first-order chi connectivity index (χ1) is 9.50. The molecule has 0 aliphatic rings. The number of rotatable bonds is 5. The quantitative estimate of drug-likeness (QED) is 0.388. The Hall–Kier alpha value is -0.400. The summed E-state index contributed by atoms with van der Waals surface area (Å²) in [7, 11) is 0. The van der Waals surface area contributed by atoms with Gasteiger partial charge in [0.2, 0.25) is 0 Å². The summed E-state index contributed by atoms with van der Waals surface area (Å²) in [5, 5.41) is 0. The summed E-state index contributed by atoms with van der Waals surface area (Å²) in [6.07, 6.45) is -7.54. The van der Waals surface area contributed by atoms with Crippen molar-refractivity contribution in [3.8, 4) is 0 Å². The lowest BCUT2D eigenvalue weighted by Crippen LogP contribution is -2.71. The minimum absolute atomic E-state index is 3.75. The number of hydrogen-bond acceptors (Lipinski definition) is 0. The summed E-state index contributed by atoms with van der Waals surface area (Å²) < 4.78 is 168. The highest BCUT2D eigenvalue weighted by molar-refractivity contribution is 6.47. The van der Waals surface area contributed by atoms with Crippen LogP contribution in [0.25, 0.3) is 0 Å². The van der Waals surface area contributed by atoms with Crippen molar-refractivity contribution in [1.82, 2.24) is 0 Å². The fraction of sp³-hybridized carbons (Fsp3) is 1.00. The molecule has 0 amide bonds. The van der Waals surface area contributed by atoms with Crippen molar-refractivity contribution >= 4 is 23.2 Å². The highest BCUT2D eigenvalue weighted by Gasteiger charge is 2.92. The molecule has 0 rings (SSSR count). The van der Waals surface area contributed by atoms with Crippen molar-refractivity contribution in [2.75, 3.05) is 0 Å². The second-order valence-corrected chi connectivity index (χ2v) is 5.10. The van der Waals surface area contributed by atoms with Gasteiger partial charge in [-0.05, 0) is 0 Å². The van der Waals surface area contributed by atoms with Gasteiger partial charge in [0, 0.05) is 0 Å². The maximum absolute atomic E-state index is 12.8. The van der Waals surface area contributed by atoms with E-state index in [2.05, 4.69) is 23.2 Å². The predicted octanol–water partition coefficient (Wildman–Crippen LogP) is 5.83. The molecule has 16 heteroatoms. The summed E-state index contributed by atoms with van der Waals surface area (Å²) in [5.41, 5.74) is 0. The molecular weight excluding hydrogens is 421 g/mol. The Kier molecular flexibility index (Phi) is 5.20. The maximum atomic E-state index is 12.8. The molecular formula is C7Cl2F14. The monoisotopic (exact) mass is 420 g/mol. The first-order valence-electron chi connectivity index (χ1n) is 4.52. The van der Waals surface area contributed by atoms with Crippen LogP contribution in [-0.2, 0) is 0 Å². The van der Waals surface area contributed by atoms with Gasteiger partial charge in [0.1, 0.15) is 0 Å². The smallest absolute Gasteiger partial charge is 0.201 e. The van der Waals surface area contributed by atoms with Gasteiger partial charge in [-0.1, -0.05) is 23.2 Å². The second-order valence-electron chi connectivity index (χ2n) is 3.87. The van der Waals surface area contributed by atoms with Gasteiger partial charge in [0.15, 0.2) is 0 Å². The highest BCUT2D eigenvalue weighted by Crippen LogP contribution is 2.63. The lowest BCUT2D eigenvalue weighted by atomic mass is 9.94. The van der Waals surface area contributed by atoms with Crippen LogP contribution >= 0.6 is 23.2 Å². The first kappa shape index (κ1) is 22.6. The topological polar surface area (TPSA) is 0 Å². The molecule has 23 heavy (non-hydrogen) atoms. The van der Waals surface area contributed by atoms with E-state index in [0.717, 1.165) is 0 Å². The zero-order chi connectivity index (χ0) is 19.5. The minimum atomic E-state index is -8.12. The molecule has 0 atom stereocenters. The second kappa shape index (κ2) is 5.30. The van der Waals surface area contributed by atoms with Crippen molar-refractivity contribution in [2.45, 2.75) is 40.4 Å². The number of halogens is 16. The van der Waals surface area contributed by atoms with Crippen molar-refractivity contribution in [2.24, 2.45) is 0 Å². The third-order valence-corrected chi connectivity index (χ3v) is 2.76. The molecule has 0 fully saturated rings. The largest absolute Gasteiger partial charge is 0.460 e. The normalized spacial score (nSPS) is 16.7. The van der Waals surface area contributed by atoms with Gasteiger partial charge in [-0.15, -0.1) is 0 Å². The molecule has 0 saturated carbocycles. The zero-order valence-electron chi connectivity index (χ0n) is 9.55. The van der Waals surface area contributed by atoms with E-state index in [9.17, 15) is 61.5 Å². The van der Waals surface area contributed by atoms with Crippen LogP contribution in [0.5, 0.6) is 0 Å².